The Kier molecular flexibility index (Phi) is 3.56. The van der Waals surface area contributed by atoms with E-state index < -0.39 is 5.82 Å². The smallest absolute Gasteiger partial charge is 0.219 e. The van der Waals surface area contributed by atoms with Crippen LogP contribution in [0, 0.1) is 5.82 Å². The molecule has 0 unspecified atom stereocenters. The molecule has 5 heteroatoms. The number of aromatic nitrogens is 1. The van der Waals surface area contributed by atoms with Crippen LogP contribution >= 0.6 is 11.6 Å². The molecule has 1 aromatic heterocycles. The molecule has 1 heterocycles. The highest BCUT2D eigenvalue weighted by molar-refractivity contribution is 6.30. The van der Waals surface area contributed by atoms with E-state index in [-0.39, 0.29) is 5.02 Å². The molecule has 0 spiro atoms. The van der Waals surface area contributed by atoms with Gasteiger partial charge in [0.05, 0.1) is 10.7 Å². The fourth-order valence-electron chi connectivity index (χ4n) is 1.29. The topological polar surface area (TPSA) is 48.1 Å². The van der Waals surface area contributed by atoms with Crippen LogP contribution < -0.4 is 10.5 Å². The van der Waals surface area contributed by atoms with Crippen LogP contribution in [0.5, 0.6) is 11.6 Å². The van der Waals surface area contributed by atoms with Crippen LogP contribution in [0.1, 0.15) is 5.69 Å². The van der Waals surface area contributed by atoms with E-state index >= 15 is 0 Å². The minimum atomic E-state index is -0.529. The van der Waals surface area contributed by atoms with Gasteiger partial charge in [-0.15, -0.1) is 0 Å². The van der Waals surface area contributed by atoms with E-state index in [4.69, 9.17) is 22.1 Å². The fourth-order valence-corrected chi connectivity index (χ4v) is 1.41. The number of benzene rings is 1. The van der Waals surface area contributed by atoms with Crippen molar-refractivity contribution in [3.05, 3.63) is 52.9 Å². The number of nitrogens with zero attached hydrogens (tertiary/aromatic N) is 1. The van der Waals surface area contributed by atoms with Crippen LogP contribution in [0.3, 0.4) is 0 Å². The molecular formula is C12H10ClFN2O. The predicted molar refractivity (Wildman–Crippen MR) is 63.6 cm³/mol. The lowest BCUT2D eigenvalue weighted by Gasteiger charge is -2.06. The van der Waals surface area contributed by atoms with E-state index in [9.17, 15) is 4.39 Å². The number of rotatable bonds is 3. The minimum Gasteiger partial charge on any atom is -0.439 e. The van der Waals surface area contributed by atoms with Crippen molar-refractivity contribution in [3.63, 3.8) is 0 Å². The molecule has 0 bridgehead atoms. The number of hydrogen-bond acceptors (Lipinski definition) is 3. The van der Waals surface area contributed by atoms with E-state index in [0.717, 1.165) is 0 Å². The molecule has 3 nitrogen and oxygen atoms in total. The van der Waals surface area contributed by atoms with Crippen molar-refractivity contribution in [2.45, 2.75) is 6.54 Å². The lowest BCUT2D eigenvalue weighted by Crippen LogP contribution is -2.00. The monoisotopic (exact) mass is 252 g/mol. The van der Waals surface area contributed by atoms with Crippen molar-refractivity contribution in [2.24, 2.45) is 5.73 Å². The molecule has 0 amide bonds. The first kappa shape index (κ1) is 11.8. The van der Waals surface area contributed by atoms with Crippen molar-refractivity contribution in [3.8, 4) is 11.6 Å². The Balaban J connectivity index is 2.22. The summed E-state index contributed by atoms with van der Waals surface area (Å²) >= 11 is 5.57. The summed E-state index contributed by atoms with van der Waals surface area (Å²) in [5, 5.41) is 0.0565. The van der Waals surface area contributed by atoms with Crippen molar-refractivity contribution in [2.75, 3.05) is 0 Å². The molecule has 0 aliphatic carbocycles. The summed E-state index contributed by atoms with van der Waals surface area (Å²) in [5.74, 6) is 0.183. The third-order valence-corrected chi connectivity index (χ3v) is 2.41. The highest BCUT2D eigenvalue weighted by Crippen LogP contribution is 2.24. The van der Waals surface area contributed by atoms with Crippen molar-refractivity contribution >= 4 is 11.6 Å². The molecule has 1 aromatic carbocycles. The van der Waals surface area contributed by atoms with Crippen molar-refractivity contribution in [1.29, 1.82) is 0 Å². The van der Waals surface area contributed by atoms with Gasteiger partial charge in [-0.3, -0.25) is 0 Å². The Morgan fingerprint density at radius 1 is 1.29 bits per heavy atom. The Bertz CT molecular complexity index is 534. The standard InChI is InChI=1S/C12H10ClFN2O/c13-10-5-4-9(6-11(10)14)17-12-3-1-2-8(7-15)16-12/h1-6H,7,15H2. The third kappa shape index (κ3) is 2.93. The van der Waals surface area contributed by atoms with Crippen LogP contribution in [-0.2, 0) is 6.54 Å². The zero-order valence-corrected chi connectivity index (χ0v) is 9.62. The van der Waals surface area contributed by atoms with Gasteiger partial charge in [-0.1, -0.05) is 17.7 Å². The van der Waals surface area contributed by atoms with E-state index in [0.29, 0.717) is 23.9 Å². The second-order valence-electron chi connectivity index (χ2n) is 3.35. The van der Waals surface area contributed by atoms with Gasteiger partial charge in [-0.2, -0.15) is 0 Å². The maximum Gasteiger partial charge on any atom is 0.219 e. The second-order valence-corrected chi connectivity index (χ2v) is 3.76. The molecule has 0 radical (unpaired) electrons. The Morgan fingerprint density at radius 3 is 2.82 bits per heavy atom. The first-order valence-corrected chi connectivity index (χ1v) is 5.36. The largest absolute Gasteiger partial charge is 0.439 e. The van der Waals surface area contributed by atoms with Gasteiger partial charge in [0.2, 0.25) is 5.88 Å². The maximum atomic E-state index is 13.2. The van der Waals surface area contributed by atoms with Crippen LogP contribution in [0.15, 0.2) is 36.4 Å². The quantitative estimate of drug-likeness (QED) is 0.913. The summed E-state index contributed by atoms with van der Waals surface area (Å²) in [4.78, 5) is 4.14. The molecule has 0 atom stereocenters. The van der Waals surface area contributed by atoms with Gasteiger partial charge in [0, 0.05) is 18.7 Å². The van der Waals surface area contributed by atoms with Crippen LogP contribution in [0.2, 0.25) is 5.02 Å². The normalized spacial score (nSPS) is 10.3. The van der Waals surface area contributed by atoms with Gasteiger partial charge >= 0.3 is 0 Å². The molecule has 0 aliphatic heterocycles. The second kappa shape index (κ2) is 5.12. The summed E-state index contributed by atoms with van der Waals surface area (Å²) in [6, 6.07) is 9.44. The van der Waals surface area contributed by atoms with Crippen molar-refractivity contribution < 1.29 is 9.13 Å². The molecule has 2 rings (SSSR count). The van der Waals surface area contributed by atoms with Crippen LogP contribution in [0.4, 0.5) is 4.39 Å². The van der Waals surface area contributed by atoms with Crippen LogP contribution in [-0.4, -0.2) is 4.98 Å². The SMILES string of the molecule is NCc1cccc(Oc2ccc(Cl)c(F)c2)n1. The van der Waals surface area contributed by atoms with Gasteiger partial charge in [0.15, 0.2) is 0 Å². The third-order valence-electron chi connectivity index (χ3n) is 2.10. The average molecular weight is 253 g/mol. The molecule has 0 saturated heterocycles. The summed E-state index contributed by atoms with van der Waals surface area (Å²) < 4.78 is 18.6. The molecule has 0 saturated carbocycles. The fraction of sp³-hybridized carbons (Fsp3) is 0.0833. The van der Waals surface area contributed by atoms with E-state index in [1.54, 1.807) is 24.3 Å². The Morgan fingerprint density at radius 2 is 2.12 bits per heavy atom. The van der Waals surface area contributed by atoms with E-state index in [1.807, 2.05) is 0 Å². The molecular weight excluding hydrogens is 243 g/mol. The maximum absolute atomic E-state index is 13.2. The molecule has 2 aromatic rings. The first-order valence-electron chi connectivity index (χ1n) is 4.98. The number of halogens is 2. The number of pyridine rings is 1. The zero-order valence-electron chi connectivity index (χ0n) is 8.86. The lowest BCUT2D eigenvalue weighted by molar-refractivity contribution is 0.456. The highest BCUT2D eigenvalue weighted by atomic mass is 35.5. The van der Waals surface area contributed by atoms with Gasteiger partial charge in [0.25, 0.3) is 0 Å². The van der Waals surface area contributed by atoms with Gasteiger partial charge in [-0.25, -0.2) is 9.37 Å². The number of hydrogen-bond donors (Lipinski definition) is 1. The van der Waals surface area contributed by atoms with Gasteiger partial charge < -0.3 is 10.5 Å². The zero-order chi connectivity index (χ0) is 12.3. The number of ether oxygens (including phenoxy) is 1. The van der Waals surface area contributed by atoms with Gasteiger partial charge in [0.1, 0.15) is 11.6 Å². The van der Waals surface area contributed by atoms with Crippen molar-refractivity contribution in [1.82, 2.24) is 4.98 Å². The Labute approximate surface area is 103 Å². The summed E-state index contributed by atoms with van der Waals surface area (Å²) in [7, 11) is 0. The summed E-state index contributed by atoms with van der Waals surface area (Å²) in [6.07, 6.45) is 0. The molecule has 0 aliphatic rings. The Hall–Kier alpha value is -1.65. The minimum absolute atomic E-state index is 0.0565. The highest BCUT2D eigenvalue weighted by Gasteiger charge is 2.04. The number of nitrogens with two attached hydrogens (primary N) is 1. The molecule has 17 heavy (non-hydrogen) atoms. The average Bonchev–Trinajstić information content (AvgIpc) is 2.34. The first-order chi connectivity index (χ1) is 8.19. The molecule has 2 N–H and O–H groups in total. The summed E-state index contributed by atoms with van der Waals surface area (Å²) in [5.41, 5.74) is 6.17. The van der Waals surface area contributed by atoms with E-state index in [1.165, 1.54) is 12.1 Å². The van der Waals surface area contributed by atoms with E-state index in [2.05, 4.69) is 4.98 Å². The van der Waals surface area contributed by atoms with Crippen LogP contribution in [0.25, 0.3) is 0 Å². The lowest BCUT2D eigenvalue weighted by atomic mass is 10.3. The van der Waals surface area contributed by atoms with Gasteiger partial charge in [-0.05, 0) is 18.2 Å². The predicted octanol–water partition coefficient (Wildman–Crippen LogP) is 3.13. The molecule has 88 valence electrons. The summed E-state index contributed by atoms with van der Waals surface area (Å²) in [6.45, 7) is 0.326. The molecule has 0 fully saturated rings.